The SMILES string of the molecule is CCC(C)(NCc1oncc1C(=O)OC)c1nccs1. The lowest BCUT2D eigenvalue weighted by Crippen LogP contribution is -2.38. The first kappa shape index (κ1) is 14.7. The van der Waals surface area contributed by atoms with Gasteiger partial charge in [-0.15, -0.1) is 11.3 Å². The normalized spacial score (nSPS) is 13.9. The molecule has 0 fully saturated rings. The van der Waals surface area contributed by atoms with Gasteiger partial charge in [0.1, 0.15) is 10.6 Å². The van der Waals surface area contributed by atoms with Crippen molar-refractivity contribution >= 4 is 17.3 Å². The fraction of sp³-hybridized carbons (Fsp3) is 0.462. The Hall–Kier alpha value is -1.73. The van der Waals surface area contributed by atoms with Gasteiger partial charge in [-0.1, -0.05) is 12.1 Å². The van der Waals surface area contributed by atoms with E-state index in [2.05, 4.69) is 34.0 Å². The molecule has 0 aliphatic rings. The molecule has 0 aliphatic carbocycles. The third-order valence-corrected chi connectivity index (χ3v) is 4.34. The van der Waals surface area contributed by atoms with Crippen molar-refractivity contribution in [2.45, 2.75) is 32.4 Å². The topological polar surface area (TPSA) is 77.2 Å². The van der Waals surface area contributed by atoms with Crippen LogP contribution in [-0.4, -0.2) is 23.2 Å². The van der Waals surface area contributed by atoms with Crippen molar-refractivity contribution in [1.82, 2.24) is 15.5 Å². The number of carbonyl (C=O) groups is 1. The van der Waals surface area contributed by atoms with Crippen LogP contribution in [0.4, 0.5) is 0 Å². The van der Waals surface area contributed by atoms with Gasteiger partial charge in [0, 0.05) is 11.6 Å². The Bertz CT molecular complexity index is 567. The van der Waals surface area contributed by atoms with Crippen molar-refractivity contribution < 1.29 is 14.1 Å². The number of rotatable bonds is 6. The van der Waals surface area contributed by atoms with E-state index < -0.39 is 5.97 Å². The average Bonchev–Trinajstić information content (AvgIpc) is 3.14. The quantitative estimate of drug-likeness (QED) is 0.824. The predicted octanol–water partition coefficient (Wildman–Crippen LogP) is 2.33. The molecule has 108 valence electrons. The number of nitrogens with one attached hydrogen (secondary N) is 1. The van der Waals surface area contributed by atoms with Crippen LogP contribution >= 0.6 is 11.3 Å². The van der Waals surface area contributed by atoms with Gasteiger partial charge in [-0.05, 0) is 13.3 Å². The Morgan fingerprint density at radius 1 is 1.60 bits per heavy atom. The van der Waals surface area contributed by atoms with E-state index in [0.29, 0.717) is 17.9 Å². The first-order chi connectivity index (χ1) is 9.60. The van der Waals surface area contributed by atoms with E-state index in [4.69, 9.17) is 4.52 Å². The summed E-state index contributed by atoms with van der Waals surface area (Å²) in [5, 5.41) is 9.97. The van der Waals surface area contributed by atoms with Crippen LogP contribution in [0.2, 0.25) is 0 Å². The first-order valence-electron chi connectivity index (χ1n) is 6.27. The molecule has 7 heteroatoms. The summed E-state index contributed by atoms with van der Waals surface area (Å²) in [6, 6.07) is 0. The molecule has 0 bridgehead atoms. The number of methoxy groups -OCH3 is 1. The monoisotopic (exact) mass is 295 g/mol. The molecule has 0 aliphatic heterocycles. The summed E-state index contributed by atoms with van der Waals surface area (Å²) in [6.07, 6.45) is 4.02. The second-order valence-electron chi connectivity index (χ2n) is 4.53. The summed E-state index contributed by atoms with van der Waals surface area (Å²) >= 11 is 1.60. The van der Waals surface area contributed by atoms with Crippen molar-refractivity contribution in [2.75, 3.05) is 7.11 Å². The van der Waals surface area contributed by atoms with Crippen molar-refractivity contribution in [3.8, 4) is 0 Å². The van der Waals surface area contributed by atoms with Crippen LogP contribution < -0.4 is 5.32 Å². The van der Waals surface area contributed by atoms with E-state index in [1.165, 1.54) is 13.3 Å². The molecule has 0 aromatic carbocycles. The highest BCUT2D eigenvalue weighted by atomic mass is 32.1. The lowest BCUT2D eigenvalue weighted by atomic mass is 9.99. The summed E-state index contributed by atoms with van der Waals surface area (Å²) < 4.78 is 9.80. The molecule has 1 atom stereocenters. The van der Waals surface area contributed by atoms with E-state index in [1.807, 2.05) is 5.38 Å². The number of hydrogen-bond donors (Lipinski definition) is 1. The molecule has 0 saturated heterocycles. The second kappa shape index (κ2) is 6.15. The van der Waals surface area contributed by atoms with Gasteiger partial charge in [0.05, 0.1) is 25.4 Å². The van der Waals surface area contributed by atoms with E-state index in [0.717, 1.165) is 11.4 Å². The molecular formula is C13H17N3O3S. The third kappa shape index (κ3) is 2.88. The zero-order chi connectivity index (χ0) is 14.6. The standard InChI is InChI=1S/C13H17N3O3S/c1-4-13(2,12-14-5-6-20-12)15-8-10-9(7-16-19-10)11(17)18-3/h5-7,15H,4,8H2,1-3H3. The molecule has 0 radical (unpaired) electrons. The van der Waals surface area contributed by atoms with Gasteiger partial charge >= 0.3 is 5.97 Å². The molecule has 1 unspecified atom stereocenters. The minimum Gasteiger partial charge on any atom is -0.465 e. The van der Waals surface area contributed by atoms with Crippen LogP contribution in [0.25, 0.3) is 0 Å². The molecule has 0 saturated carbocycles. The minimum absolute atomic E-state index is 0.269. The van der Waals surface area contributed by atoms with Crippen molar-refractivity contribution in [3.05, 3.63) is 34.1 Å². The molecular weight excluding hydrogens is 278 g/mol. The van der Waals surface area contributed by atoms with Gasteiger partial charge in [-0.2, -0.15) is 0 Å². The van der Waals surface area contributed by atoms with Crippen molar-refractivity contribution in [3.63, 3.8) is 0 Å². The molecule has 0 spiro atoms. The van der Waals surface area contributed by atoms with E-state index in [9.17, 15) is 4.79 Å². The van der Waals surface area contributed by atoms with E-state index in [-0.39, 0.29) is 5.54 Å². The van der Waals surface area contributed by atoms with Gasteiger partial charge in [0.25, 0.3) is 0 Å². The largest absolute Gasteiger partial charge is 0.465 e. The van der Waals surface area contributed by atoms with Gasteiger partial charge in [-0.25, -0.2) is 9.78 Å². The highest BCUT2D eigenvalue weighted by Crippen LogP contribution is 2.27. The smallest absolute Gasteiger partial charge is 0.343 e. The Morgan fingerprint density at radius 2 is 2.40 bits per heavy atom. The predicted molar refractivity (Wildman–Crippen MR) is 74.4 cm³/mol. The maximum absolute atomic E-state index is 11.6. The lowest BCUT2D eigenvalue weighted by Gasteiger charge is -2.27. The first-order valence-corrected chi connectivity index (χ1v) is 7.15. The lowest BCUT2D eigenvalue weighted by molar-refractivity contribution is 0.0597. The maximum Gasteiger partial charge on any atom is 0.343 e. The van der Waals surface area contributed by atoms with Crippen LogP contribution in [0.3, 0.4) is 0 Å². The van der Waals surface area contributed by atoms with Gasteiger partial charge in [0.15, 0.2) is 5.76 Å². The number of ether oxygens (including phenoxy) is 1. The number of aromatic nitrogens is 2. The summed E-state index contributed by atoms with van der Waals surface area (Å²) in [5.41, 5.74) is 0.0755. The number of nitrogens with zero attached hydrogens (tertiary/aromatic N) is 2. The number of esters is 1. The molecule has 2 aromatic rings. The molecule has 0 amide bonds. The Morgan fingerprint density at radius 3 is 3.00 bits per heavy atom. The highest BCUT2D eigenvalue weighted by Gasteiger charge is 2.28. The van der Waals surface area contributed by atoms with Gasteiger partial charge < -0.3 is 9.26 Å². The fourth-order valence-corrected chi connectivity index (χ4v) is 2.64. The summed E-state index contributed by atoms with van der Waals surface area (Å²) in [5.74, 6) is 0.0172. The zero-order valence-electron chi connectivity index (χ0n) is 11.7. The van der Waals surface area contributed by atoms with Gasteiger partial charge in [0.2, 0.25) is 0 Å². The molecule has 1 N–H and O–H groups in total. The molecule has 2 heterocycles. The molecule has 2 aromatic heterocycles. The number of carbonyl (C=O) groups excluding carboxylic acids is 1. The molecule has 2 rings (SSSR count). The van der Waals surface area contributed by atoms with Crippen molar-refractivity contribution in [2.24, 2.45) is 0 Å². The average molecular weight is 295 g/mol. The summed E-state index contributed by atoms with van der Waals surface area (Å²) in [7, 11) is 1.33. The Labute approximate surface area is 121 Å². The Balaban J connectivity index is 2.12. The third-order valence-electron chi connectivity index (χ3n) is 3.30. The van der Waals surface area contributed by atoms with Crippen molar-refractivity contribution in [1.29, 1.82) is 0 Å². The van der Waals surface area contributed by atoms with E-state index in [1.54, 1.807) is 17.5 Å². The van der Waals surface area contributed by atoms with Crippen LogP contribution in [0.15, 0.2) is 22.3 Å². The fourth-order valence-electron chi connectivity index (χ4n) is 1.79. The number of thiazole rings is 1. The maximum atomic E-state index is 11.6. The zero-order valence-corrected chi connectivity index (χ0v) is 12.5. The summed E-state index contributed by atoms with van der Waals surface area (Å²) in [4.78, 5) is 15.9. The highest BCUT2D eigenvalue weighted by molar-refractivity contribution is 7.09. The molecule has 6 nitrogen and oxygen atoms in total. The second-order valence-corrected chi connectivity index (χ2v) is 5.43. The van der Waals surface area contributed by atoms with Gasteiger partial charge in [-0.3, -0.25) is 5.32 Å². The number of hydrogen-bond acceptors (Lipinski definition) is 7. The van der Waals surface area contributed by atoms with Crippen LogP contribution in [-0.2, 0) is 16.8 Å². The summed E-state index contributed by atoms with van der Waals surface area (Å²) in [6.45, 7) is 4.53. The van der Waals surface area contributed by atoms with E-state index >= 15 is 0 Å². The molecule has 20 heavy (non-hydrogen) atoms. The van der Waals surface area contributed by atoms with Crippen LogP contribution in [0.5, 0.6) is 0 Å². The Kier molecular flexibility index (Phi) is 4.51. The van der Waals surface area contributed by atoms with Crippen LogP contribution in [0, 0.1) is 0 Å². The van der Waals surface area contributed by atoms with Crippen LogP contribution in [0.1, 0.15) is 41.4 Å². The minimum atomic E-state index is -0.449.